The molecule has 0 fully saturated rings. The number of primary amides is 1. The molecule has 0 spiro atoms. The lowest BCUT2D eigenvalue weighted by Gasteiger charge is -2.11. The van der Waals surface area contributed by atoms with Crippen molar-refractivity contribution in [2.75, 3.05) is 0 Å². The summed E-state index contributed by atoms with van der Waals surface area (Å²) in [4.78, 5) is 11.6. The van der Waals surface area contributed by atoms with Gasteiger partial charge in [-0.25, -0.2) is 0 Å². The van der Waals surface area contributed by atoms with Gasteiger partial charge in [0.05, 0.1) is 0 Å². The summed E-state index contributed by atoms with van der Waals surface area (Å²) < 4.78 is 0. The van der Waals surface area contributed by atoms with Crippen LogP contribution in [0.5, 0.6) is 0 Å². The smallest absolute Gasteiger partial charge is 0.244 e. The lowest BCUT2D eigenvalue weighted by atomic mass is 9.93. The predicted octanol–water partition coefficient (Wildman–Crippen LogP) is 3.87. The molecule has 1 amide bonds. The molecule has 106 valence electrons. The molecule has 1 aliphatic rings. The Kier molecular flexibility index (Phi) is 3.61. The van der Waals surface area contributed by atoms with Gasteiger partial charge >= 0.3 is 0 Å². The van der Waals surface area contributed by atoms with Crippen molar-refractivity contribution >= 4 is 12.0 Å². The molecule has 2 nitrogen and oxygen atoms in total. The molecule has 2 N–H and O–H groups in total. The van der Waals surface area contributed by atoms with Crippen LogP contribution in [0.4, 0.5) is 0 Å². The molecule has 0 saturated heterocycles. The molecule has 0 heterocycles. The zero-order chi connectivity index (χ0) is 14.8. The van der Waals surface area contributed by atoms with Crippen LogP contribution in [0.15, 0.2) is 48.0 Å². The second-order valence-corrected chi connectivity index (χ2v) is 5.63. The lowest BCUT2D eigenvalue weighted by Crippen LogP contribution is -2.13. The van der Waals surface area contributed by atoms with Crippen LogP contribution in [-0.2, 0) is 11.2 Å². The third-order valence-corrected chi connectivity index (χ3v) is 4.09. The van der Waals surface area contributed by atoms with Crippen molar-refractivity contribution in [3.63, 3.8) is 0 Å². The van der Waals surface area contributed by atoms with Gasteiger partial charge in [0.15, 0.2) is 0 Å². The first-order valence-electron chi connectivity index (χ1n) is 7.34. The van der Waals surface area contributed by atoms with Gasteiger partial charge in [0, 0.05) is 5.57 Å². The Morgan fingerprint density at radius 3 is 2.52 bits per heavy atom. The van der Waals surface area contributed by atoms with Crippen LogP contribution in [-0.4, -0.2) is 5.91 Å². The summed E-state index contributed by atoms with van der Waals surface area (Å²) in [5.74, 6) is -0.304. The summed E-state index contributed by atoms with van der Waals surface area (Å²) in [6.45, 7) is 2.08. The number of hydrogen-bond donors (Lipinski definition) is 1. The largest absolute Gasteiger partial charge is 0.366 e. The topological polar surface area (TPSA) is 43.1 Å². The zero-order valence-corrected chi connectivity index (χ0v) is 12.2. The minimum atomic E-state index is -0.304. The molecule has 2 aromatic carbocycles. The van der Waals surface area contributed by atoms with Crippen molar-refractivity contribution in [3.05, 3.63) is 64.7 Å². The Hall–Kier alpha value is -2.35. The molecule has 0 unspecified atom stereocenters. The molecule has 3 rings (SSSR count). The van der Waals surface area contributed by atoms with E-state index in [0.717, 1.165) is 30.4 Å². The number of aryl methyl sites for hydroxylation is 2. The fourth-order valence-corrected chi connectivity index (χ4v) is 2.90. The highest BCUT2D eigenvalue weighted by Crippen LogP contribution is 2.32. The Balaban J connectivity index is 2.17. The van der Waals surface area contributed by atoms with Gasteiger partial charge in [-0.3, -0.25) is 4.79 Å². The number of fused-ring (bicyclic) bond motifs is 1. The van der Waals surface area contributed by atoms with Gasteiger partial charge in [-0.1, -0.05) is 48.0 Å². The van der Waals surface area contributed by atoms with Gasteiger partial charge in [0.1, 0.15) is 0 Å². The van der Waals surface area contributed by atoms with Gasteiger partial charge in [-0.2, -0.15) is 0 Å². The lowest BCUT2D eigenvalue weighted by molar-refractivity contribution is -0.114. The molecule has 1 aliphatic carbocycles. The maximum Gasteiger partial charge on any atom is 0.244 e. The zero-order valence-electron chi connectivity index (χ0n) is 12.2. The van der Waals surface area contributed by atoms with E-state index in [1.807, 2.05) is 6.08 Å². The fourth-order valence-electron chi connectivity index (χ4n) is 2.90. The molecule has 0 bridgehead atoms. The van der Waals surface area contributed by atoms with Crippen molar-refractivity contribution in [1.29, 1.82) is 0 Å². The molecule has 21 heavy (non-hydrogen) atoms. The first kappa shape index (κ1) is 13.6. The highest BCUT2D eigenvalue weighted by atomic mass is 16.1. The number of hydrogen-bond acceptors (Lipinski definition) is 1. The third kappa shape index (κ3) is 2.75. The molecule has 0 aliphatic heterocycles. The maximum atomic E-state index is 11.6. The average Bonchev–Trinajstić information content (AvgIpc) is 2.70. The van der Waals surface area contributed by atoms with E-state index in [0.29, 0.717) is 0 Å². The van der Waals surface area contributed by atoms with Crippen molar-refractivity contribution < 1.29 is 4.79 Å². The van der Waals surface area contributed by atoms with E-state index < -0.39 is 0 Å². The first-order chi connectivity index (χ1) is 10.1. The van der Waals surface area contributed by atoms with Crippen LogP contribution >= 0.6 is 0 Å². The van der Waals surface area contributed by atoms with Crippen LogP contribution in [0.3, 0.4) is 0 Å². The molecule has 0 radical (unpaired) electrons. The van der Waals surface area contributed by atoms with E-state index in [2.05, 4.69) is 49.4 Å². The van der Waals surface area contributed by atoms with Gasteiger partial charge in [0.25, 0.3) is 0 Å². The predicted molar refractivity (Wildman–Crippen MR) is 86.7 cm³/mol. The molecule has 0 aromatic heterocycles. The number of carbonyl (C=O) groups excluding carboxylic acids is 1. The second-order valence-electron chi connectivity index (χ2n) is 5.63. The normalized spacial score (nSPS) is 14.0. The summed E-state index contributed by atoms with van der Waals surface area (Å²) in [5.41, 5.74) is 12.3. The standard InChI is InChI=1S/C19H19NO/c1-13-8-10-15(11-9-13)17-7-3-5-14-4-2-6-16(19(20)21)12-18(14)17/h3,5,7-12H,2,4,6H2,1H3,(H2,20,21). The molecular weight excluding hydrogens is 258 g/mol. The number of rotatable bonds is 2. The van der Waals surface area contributed by atoms with Crippen molar-refractivity contribution in [3.8, 4) is 11.1 Å². The Morgan fingerprint density at radius 1 is 1.05 bits per heavy atom. The van der Waals surface area contributed by atoms with E-state index in [4.69, 9.17) is 5.73 Å². The minimum absolute atomic E-state index is 0.304. The fraction of sp³-hybridized carbons (Fsp3) is 0.211. The maximum absolute atomic E-state index is 11.6. The van der Waals surface area contributed by atoms with Gasteiger partial charge in [-0.15, -0.1) is 0 Å². The quantitative estimate of drug-likeness (QED) is 0.889. The highest BCUT2D eigenvalue weighted by Gasteiger charge is 2.15. The van der Waals surface area contributed by atoms with Crippen LogP contribution < -0.4 is 5.73 Å². The van der Waals surface area contributed by atoms with E-state index in [1.54, 1.807) is 0 Å². The molecule has 0 atom stereocenters. The summed E-state index contributed by atoms with van der Waals surface area (Å²) in [6.07, 6.45) is 4.71. The van der Waals surface area contributed by atoms with Gasteiger partial charge in [0.2, 0.25) is 5.91 Å². The first-order valence-corrected chi connectivity index (χ1v) is 7.34. The van der Waals surface area contributed by atoms with Crippen LogP contribution in [0, 0.1) is 6.92 Å². The summed E-state index contributed by atoms with van der Waals surface area (Å²) in [7, 11) is 0. The van der Waals surface area contributed by atoms with Gasteiger partial charge < -0.3 is 5.73 Å². The van der Waals surface area contributed by atoms with Crippen LogP contribution in [0.1, 0.15) is 29.5 Å². The molecule has 0 saturated carbocycles. The van der Waals surface area contributed by atoms with Crippen molar-refractivity contribution in [1.82, 2.24) is 0 Å². The van der Waals surface area contributed by atoms with Crippen molar-refractivity contribution in [2.24, 2.45) is 5.73 Å². The SMILES string of the molecule is Cc1ccc(-c2cccc3c2C=C(C(N)=O)CCC3)cc1. The number of carbonyl (C=O) groups is 1. The number of amides is 1. The summed E-state index contributed by atoms with van der Waals surface area (Å²) in [5, 5.41) is 0. The van der Waals surface area contributed by atoms with Gasteiger partial charge in [-0.05, 0) is 54.5 Å². The van der Waals surface area contributed by atoms with Crippen molar-refractivity contribution in [2.45, 2.75) is 26.2 Å². The third-order valence-electron chi connectivity index (χ3n) is 4.09. The number of benzene rings is 2. The monoisotopic (exact) mass is 277 g/mol. The van der Waals surface area contributed by atoms with Crippen LogP contribution in [0.25, 0.3) is 17.2 Å². The number of nitrogens with two attached hydrogens (primary N) is 1. The average molecular weight is 277 g/mol. The molecule has 2 heteroatoms. The minimum Gasteiger partial charge on any atom is -0.366 e. The molecular formula is C19H19NO. The Morgan fingerprint density at radius 2 is 1.81 bits per heavy atom. The Labute approximate surface area is 125 Å². The van der Waals surface area contributed by atoms with Crippen LogP contribution in [0.2, 0.25) is 0 Å². The highest BCUT2D eigenvalue weighted by molar-refractivity contribution is 5.98. The summed E-state index contributed by atoms with van der Waals surface area (Å²) >= 11 is 0. The Bertz CT molecular complexity index is 711. The van der Waals surface area contributed by atoms with E-state index in [9.17, 15) is 4.79 Å². The summed E-state index contributed by atoms with van der Waals surface area (Å²) in [6, 6.07) is 14.9. The molecule has 2 aromatic rings. The van der Waals surface area contributed by atoms with E-state index in [1.165, 1.54) is 22.3 Å². The second kappa shape index (κ2) is 5.57. The van der Waals surface area contributed by atoms with E-state index >= 15 is 0 Å². The van der Waals surface area contributed by atoms with E-state index in [-0.39, 0.29) is 5.91 Å².